The van der Waals surface area contributed by atoms with Crippen molar-refractivity contribution in [3.8, 4) is 0 Å². The molecule has 1 aromatic heterocycles. The van der Waals surface area contributed by atoms with Crippen molar-refractivity contribution in [3.63, 3.8) is 0 Å². The van der Waals surface area contributed by atoms with Gasteiger partial charge in [0.2, 0.25) is 5.91 Å². The zero-order chi connectivity index (χ0) is 19.6. The van der Waals surface area contributed by atoms with Crippen molar-refractivity contribution in [2.75, 3.05) is 5.75 Å². The second-order valence-electron chi connectivity index (χ2n) is 5.72. The number of nitrogens with one attached hydrogen (secondary N) is 2. The molecule has 142 valence electrons. The number of nitrogens with two attached hydrogens (primary N) is 1. The van der Waals surface area contributed by atoms with Crippen molar-refractivity contribution < 1.29 is 19.5 Å². The number of fused-ring (bicyclic) bond motifs is 1. The van der Waals surface area contributed by atoms with E-state index in [1.54, 1.807) is 0 Å². The highest BCUT2D eigenvalue weighted by Crippen LogP contribution is 2.43. The maximum atomic E-state index is 12.5. The van der Waals surface area contributed by atoms with Crippen LogP contribution in [-0.2, 0) is 20.8 Å². The Kier molecular flexibility index (Phi) is 5.92. The number of thioether (sulfide) groups is 2. The molecule has 0 spiro atoms. The van der Waals surface area contributed by atoms with E-state index in [1.165, 1.54) is 39.5 Å². The Labute approximate surface area is 167 Å². The summed E-state index contributed by atoms with van der Waals surface area (Å²) in [5.41, 5.74) is 6.04. The minimum atomic E-state index is -1.20. The van der Waals surface area contributed by atoms with E-state index in [0.717, 1.165) is 17.3 Å². The summed E-state index contributed by atoms with van der Waals surface area (Å²) < 4.78 is 0. The number of thiophene rings is 1. The van der Waals surface area contributed by atoms with Gasteiger partial charge in [0, 0.05) is 10.7 Å². The number of rotatable bonds is 7. The number of carbonyl (C=O) groups excluding carboxylic acids is 2. The van der Waals surface area contributed by atoms with Gasteiger partial charge in [-0.3, -0.25) is 19.9 Å². The van der Waals surface area contributed by atoms with Gasteiger partial charge in [0.25, 0.3) is 5.91 Å². The first-order valence-electron chi connectivity index (χ1n) is 7.77. The number of hydrogen-bond donors (Lipinski definition) is 4. The summed E-state index contributed by atoms with van der Waals surface area (Å²) in [5.74, 6) is -1.65. The number of amides is 2. The molecule has 2 atom stereocenters. The Bertz CT molecular complexity index is 850. The Morgan fingerprint density at radius 3 is 2.93 bits per heavy atom. The molecule has 1 fully saturated rings. The van der Waals surface area contributed by atoms with Gasteiger partial charge in [0.1, 0.15) is 22.9 Å². The quantitative estimate of drug-likeness (QED) is 0.293. The molecule has 8 nitrogen and oxygen atoms in total. The smallest absolute Gasteiger partial charge is 0.353 e. The zero-order valence-corrected chi connectivity index (χ0v) is 16.3. The van der Waals surface area contributed by atoms with Gasteiger partial charge in [0.15, 0.2) is 0 Å². The van der Waals surface area contributed by atoms with Crippen LogP contribution in [0.1, 0.15) is 5.56 Å². The maximum Gasteiger partial charge on any atom is 0.353 e. The van der Waals surface area contributed by atoms with E-state index in [4.69, 9.17) is 11.1 Å². The number of carbonyl (C=O) groups is 3. The Balaban J connectivity index is 1.70. The van der Waals surface area contributed by atoms with Crippen LogP contribution in [0.3, 0.4) is 0 Å². The van der Waals surface area contributed by atoms with Crippen molar-refractivity contribution in [1.29, 1.82) is 5.41 Å². The topological polar surface area (TPSA) is 137 Å². The van der Waals surface area contributed by atoms with E-state index in [2.05, 4.69) is 5.32 Å². The Morgan fingerprint density at radius 1 is 1.52 bits per heavy atom. The highest BCUT2D eigenvalue weighted by molar-refractivity contribution is 8.08. The molecular weight excluding hydrogens is 408 g/mol. The summed E-state index contributed by atoms with van der Waals surface area (Å²) in [6, 6.07) is 1.12. The number of carboxylic acid groups (broad SMARTS) is 1. The number of carboxylic acids is 1. The fourth-order valence-corrected chi connectivity index (χ4v) is 5.69. The fourth-order valence-electron chi connectivity index (χ4n) is 2.67. The van der Waals surface area contributed by atoms with Crippen LogP contribution in [0, 0.1) is 5.41 Å². The number of nitrogens with zero attached hydrogens (tertiary/aromatic N) is 1. The molecule has 0 aliphatic carbocycles. The lowest BCUT2D eigenvalue weighted by molar-refractivity contribution is -0.150. The van der Waals surface area contributed by atoms with E-state index < -0.39 is 23.3 Å². The molecule has 5 N–H and O–H groups in total. The van der Waals surface area contributed by atoms with Crippen LogP contribution in [0.25, 0.3) is 0 Å². The molecule has 0 aromatic carbocycles. The van der Waals surface area contributed by atoms with Crippen molar-refractivity contribution in [2.45, 2.75) is 17.8 Å². The summed E-state index contributed by atoms with van der Waals surface area (Å²) in [6.45, 7) is 0. The van der Waals surface area contributed by atoms with Gasteiger partial charge < -0.3 is 16.2 Å². The molecule has 3 heterocycles. The van der Waals surface area contributed by atoms with Crippen LogP contribution in [0.5, 0.6) is 0 Å². The number of aliphatic carboxylic acids is 1. The van der Waals surface area contributed by atoms with Crippen LogP contribution in [0.2, 0.25) is 0 Å². The third-order valence-corrected chi connectivity index (χ3v) is 6.94. The van der Waals surface area contributed by atoms with E-state index in [-0.39, 0.29) is 23.9 Å². The third-order valence-electron chi connectivity index (χ3n) is 3.86. The van der Waals surface area contributed by atoms with Gasteiger partial charge in [-0.05, 0) is 33.9 Å². The summed E-state index contributed by atoms with van der Waals surface area (Å²) in [7, 11) is 0. The second kappa shape index (κ2) is 8.19. The monoisotopic (exact) mass is 424 g/mol. The first-order chi connectivity index (χ1) is 12.9. The third kappa shape index (κ3) is 4.20. The summed E-state index contributed by atoms with van der Waals surface area (Å²) in [6.07, 6.45) is 1.53. The van der Waals surface area contributed by atoms with Crippen molar-refractivity contribution in [2.24, 2.45) is 5.73 Å². The lowest BCUT2D eigenvalue weighted by atomic mass is 10.0. The summed E-state index contributed by atoms with van der Waals surface area (Å²) in [5, 5.41) is 24.2. The van der Waals surface area contributed by atoms with Gasteiger partial charge in [-0.25, -0.2) is 4.79 Å². The molecule has 2 aliphatic rings. The van der Waals surface area contributed by atoms with Crippen molar-refractivity contribution >= 4 is 58.5 Å². The molecule has 1 saturated heterocycles. The maximum absolute atomic E-state index is 12.5. The second-order valence-corrected chi connectivity index (χ2v) is 8.60. The SMILES string of the molecule is N=C(N)/C=C/SC1=C(C(=O)O)N2C(=O)C(NC(=O)Cc3ccsc3)[C@H]2SC1. The van der Waals surface area contributed by atoms with E-state index in [9.17, 15) is 19.5 Å². The summed E-state index contributed by atoms with van der Waals surface area (Å²) >= 11 is 4.00. The molecule has 27 heavy (non-hydrogen) atoms. The van der Waals surface area contributed by atoms with Gasteiger partial charge in [-0.1, -0.05) is 11.8 Å². The molecule has 0 bridgehead atoms. The first-order valence-corrected chi connectivity index (χ1v) is 10.6. The van der Waals surface area contributed by atoms with Crippen molar-refractivity contribution in [1.82, 2.24) is 10.2 Å². The number of amidine groups is 1. The molecule has 11 heteroatoms. The first kappa shape index (κ1) is 19.5. The fraction of sp³-hybridized carbons (Fsp3) is 0.250. The molecule has 1 unspecified atom stereocenters. The molecular formula is C16H16N4O4S3. The molecule has 2 amide bonds. The van der Waals surface area contributed by atoms with E-state index >= 15 is 0 Å². The van der Waals surface area contributed by atoms with E-state index in [1.807, 2.05) is 16.8 Å². The molecule has 3 rings (SSSR count). The van der Waals surface area contributed by atoms with E-state index in [0.29, 0.717) is 10.7 Å². The number of hydrogen-bond acceptors (Lipinski definition) is 7. The minimum Gasteiger partial charge on any atom is -0.477 e. The average Bonchev–Trinajstić information content (AvgIpc) is 3.11. The summed E-state index contributed by atoms with van der Waals surface area (Å²) in [4.78, 5) is 38.1. The van der Waals surface area contributed by atoms with Crippen molar-refractivity contribution in [3.05, 3.63) is 44.5 Å². The normalized spacial score (nSPS) is 21.8. The zero-order valence-electron chi connectivity index (χ0n) is 13.9. The average molecular weight is 425 g/mol. The molecule has 0 saturated carbocycles. The van der Waals surface area contributed by atoms with Gasteiger partial charge >= 0.3 is 5.97 Å². The van der Waals surface area contributed by atoms with Gasteiger partial charge in [0.05, 0.1) is 6.42 Å². The predicted molar refractivity (Wildman–Crippen MR) is 106 cm³/mol. The van der Waals surface area contributed by atoms with Crippen LogP contribution >= 0.6 is 34.9 Å². The lowest BCUT2D eigenvalue weighted by Crippen LogP contribution is -2.70. The predicted octanol–water partition coefficient (Wildman–Crippen LogP) is 1.17. The largest absolute Gasteiger partial charge is 0.477 e. The number of β-lactam (4-membered cyclic amide) rings is 1. The lowest BCUT2D eigenvalue weighted by Gasteiger charge is -2.49. The van der Waals surface area contributed by atoms with Gasteiger partial charge in [-0.2, -0.15) is 11.3 Å². The molecule has 0 radical (unpaired) electrons. The molecule has 1 aromatic rings. The van der Waals surface area contributed by atoms with Crippen LogP contribution in [-0.4, -0.2) is 50.8 Å². The molecule has 2 aliphatic heterocycles. The van der Waals surface area contributed by atoms with Crippen LogP contribution in [0.4, 0.5) is 0 Å². The highest BCUT2D eigenvalue weighted by atomic mass is 32.2. The Hall–Kier alpha value is -2.24. The highest BCUT2D eigenvalue weighted by Gasteiger charge is 2.54. The van der Waals surface area contributed by atoms with Crippen LogP contribution in [0.15, 0.2) is 38.9 Å². The minimum absolute atomic E-state index is 0.0784. The standard InChI is InChI=1S/C16H16N4O4S3/c17-10(18)2-4-26-9-7-27-15-12(14(22)20(15)13(9)16(23)24)19-11(21)5-8-1-3-25-6-8/h1-4,6,12,15H,5,7H2,(H3,17,18)(H,19,21)(H,23,24)/b4-2+/t12?,15-/m1/s1. The Morgan fingerprint density at radius 2 is 2.30 bits per heavy atom. The van der Waals surface area contributed by atoms with Crippen LogP contribution < -0.4 is 11.1 Å². The van der Waals surface area contributed by atoms with Gasteiger partial charge in [-0.15, -0.1) is 11.8 Å².